The summed E-state index contributed by atoms with van der Waals surface area (Å²) in [5.74, 6) is -1.04. The second-order valence-electron chi connectivity index (χ2n) is 14.7. The lowest BCUT2D eigenvalue weighted by Gasteiger charge is -2.20. The van der Waals surface area contributed by atoms with Crippen LogP contribution in [0.1, 0.15) is 187 Å². The van der Waals surface area contributed by atoms with E-state index in [4.69, 9.17) is 18.5 Å². The highest BCUT2D eigenvalue weighted by Gasteiger charge is 2.27. The summed E-state index contributed by atoms with van der Waals surface area (Å²) in [6.07, 6.45) is 43.6. The number of unbranched alkanes of at least 4 members (excludes halogenated alkanes) is 19. The molecule has 10 nitrogen and oxygen atoms in total. The number of carbonyl (C=O) groups is 2. The van der Waals surface area contributed by atoms with Crippen molar-refractivity contribution in [2.45, 2.75) is 199 Å². The third kappa shape index (κ3) is 38.8. The highest BCUT2D eigenvalue weighted by molar-refractivity contribution is 7.47. The normalized spacial score (nSPS) is 14.3. The first-order valence-electron chi connectivity index (χ1n) is 22.1. The zero-order valence-corrected chi connectivity index (χ0v) is 36.2. The van der Waals surface area contributed by atoms with Gasteiger partial charge in [0.05, 0.1) is 26.4 Å². The van der Waals surface area contributed by atoms with Crippen LogP contribution in [-0.4, -0.2) is 65.7 Å². The van der Waals surface area contributed by atoms with Gasteiger partial charge in [-0.15, -0.1) is 0 Å². The van der Waals surface area contributed by atoms with Crippen molar-refractivity contribution in [1.82, 2.24) is 0 Å². The molecule has 0 aromatic carbocycles. The van der Waals surface area contributed by atoms with Crippen LogP contribution in [0.3, 0.4) is 0 Å². The molecule has 0 aliphatic rings. The summed E-state index contributed by atoms with van der Waals surface area (Å²) in [6.45, 7) is 2.14. The van der Waals surface area contributed by atoms with Crippen molar-refractivity contribution >= 4 is 19.8 Å². The number of allylic oxidation sites excluding steroid dienone is 8. The lowest BCUT2D eigenvalue weighted by atomic mass is 10.1. The molecule has 11 heteroatoms. The minimum Gasteiger partial charge on any atom is -0.457 e. The van der Waals surface area contributed by atoms with E-state index in [2.05, 4.69) is 62.5 Å². The Morgan fingerprint density at radius 1 is 0.482 bits per heavy atom. The fraction of sp³-hybridized carbons (Fsp3) is 0.778. The van der Waals surface area contributed by atoms with Crippen LogP contribution in [0, 0.1) is 0 Å². The van der Waals surface area contributed by atoms with E-state index in [9.17, 15) is 29.3 Å². The van der Waals surface area contributed by atoms with Crippen molar-refractivity contribution in [2.75, 3.05) is 26.4 Å². The zero-order valence-electron chi connectivity index (χ0n) is 35.3. The molecule has 3 N–H and O–H groups in total. The van der Waals surface area contributed by atoms with Gasteiger partial charge < -0.3 is 24.6 Å². The number of hydrogen-bond donors (Lipinski definition) is 3. The molecule has 0 aromatic heterocycles. The number of phosphoric ester groups is 1. The molecule has 0 aliphatic heterocycles. The van der Waals surface area contributed by atoms with Gasteiger partial charge in [0.15, 0.2) is 0 Å². The van der Waals surface area contributed by atoms with Crippen LogP contribution in [0.5, 0.6) is 0 Å². The first-order chi connectivity index (χ1) is 27.3. The highest BCUT2D eigenvalue weighted by Crippen LogP contribution is 2.43. The largest absolute Gasteiger partial charge is 0.472 e. The monoisotopic (exact) mass is 813 g/mol. The van der Waals surface area contributed by atoms with Crippen LogP contribution in [0.15, 0.2) is 48.6 Å². The molecule has 0 aromatic rings. The van der Waals surface area contributed by atoms with Crippen molar-refractivity contribution in [3.63, 3.8) is 0 Å². The number of esters is 2. The number of phosphoric acid groups is 1. The zero-order chi connectivity index (χ0) is 41.2. The van der Waals surface area contributed by atoms with Gasteiger partial charge in [-0.3, -0.25) is 18.6 Å². The SMILES string of the molecule is CCCCC/C=C\C/C=C\C/C=C\CCCCCCCCC(=O)OC(CO)COP(=O)(O)OCC(CO)OC(=O)CCCCCCC/C=C\CCCCCCC. The Balaban J connectivity index is 3.95. The van der Waals surface area contributed by atoms with Gasteiger partial charge in [-0.1, -0.05) is 146 Å². The van der Waals surface area contributed by atoms with Crippen LogP contribution in [0.2, 0.25) is 0 Å². The minimum absolute atomic E-state index is 0.176. The van der Waals surface area contributed by atoms with Crippen molar-refractivity contribution in [1.29, 1.82) is 0 Å². The van der Waals surface area contributed by atoms with E-state index in [1.165, 1.54) is 57.8 Å². The predicted octanol–water partition coefficient (Wildman–Crippen LogP) is 11.7. The maximum atomic E-state index is 12.4. The maximum Gasteiger partial charge on any atom is 0.472 e. The van der Waals surface area contributed by atoms with Gasteiger partial charge in [-0.05, 0) is 77.0 Å². The van der Waals surface area contributed by atoms with Crippen molar-refractivity contribution in [3.05, 3.63) is 48.6 Å². The molecule has 0 bridgehead atoms. The van der Waals surface area contributed by atoms with Crippen LogP contribution < -0.4 is 0 Å². The van der Waals surface area contributed by atoms with Gasteiger partial charge in [-0.2, -0.15) is 0 Å². The van der Waals surface area contributed by atoms with Crippen molar-refractivity contribution in [3.8, 4) is 0 Å². The Bertz CT molecular complexity index is 1070. The third-order valence-electron chi connectivity index (χ3n) is 9.26. The number of carbonyl (C=O) groups excluding carboxylic acids is 2. The second-order valence-corrected chi connectivity index (χ2v) is 16.1. The summed E-state index contributed by atoms with van der Waals surface area (Å²) in [7, 11) is -4.64. The van der Waals surface area contributed by atoms with Crippen LogP contribution in [-0.2, 0) is 32.7 Å². The van der Waals surface area contributed by atoms with E-state index in [1.807, 2.05) is 0 Å². The fourth-order valence-electron chi connectivity index (χ4n) is 5.82. The maximum absolute atomic E-state index is 12.4. The van der Waals surface area contributed by atoms with Crippen LogP contribution in [0.25, 0.3) is 0 Å². The van der Waals surface area contributed by atoms with E-state index in [0.29, 0.717) is 12.8 Å². The lowest BCUT2D eigenvalue weighted by Crippen LogP contribution is -2.28. The second kappa shape index (κ2) is 41.1. The average Bonchev–Trinajstić information content (AvgIpc) is 3.19. The van der Waals surface area contributed by atoms with Gasteiger partial charge in [-0.25, -0.2) is 4.57 Å². The van der Waals surface area contributed by atoms with Gasteiger partial charge >= 0.3 is 19.8 Å². The molecule has 0 amide bonds. The van der Waals surface area contributed by atoms with E-state index < -0.39 is 58.4 Å². The Hall–Kier alpha value is -2.07. The first-order valence-corrected chi connectivity index (χ1v) is 23.6. The van der Waals surface area contributed by atoms with Crippen molar-refractivity contribution < 1.29 is 47.8 Å². The number of aliphatic hydroxyl groups excluding tert-OH is 2. The summed E-state index contributed by atoms with van der Waals surface area (Å²) < 4.78 is 32.6. The summed E-state index contributed by atoms with van der Waals surface area (Å²) in [5.41, 5.74) is 0. The number of aliphatic hydroxyl groups is 2. The lowest BCUT2D eigenvalue weighted by molar-refractivity contribution is -0.153. The Morgan fingerprint density at radius 3 is 1.18 bits per heavy atom. The molecule has 0 fully saturated rings. The molecule has 0 aliphatic carbocycles. The summed E-state index contributed by atoms with van der Waals surface area (Å²) in [5, 5.41) is 19.2. The highest BCUT2D eigenvalue weighted by atomic mass is 31.2. The molecule has 56 heavy (non-hydrogen) atoms. The first kappa shape index (κ1) is 53.9. The third-order valence-corrected chi connectivity index (χ3v) is 10.2. The molecule has 0 saturated heterocycles. The molecule has 0 spiro atoms. The number of rotatable bonds is 41. The number of hydrogen-bond acceptors (Lipinski definition) is 9. The standard InChI is InChI=1S/C45H81O10P/c1-3-5-7-9-11-13-15-17-19-20-21-22-23-25-27-29-31-33-35-37-45(49)55-43(39-47)41-53-56(50,51)52-40-42(38-46)54-44(48)36-34-32-30-28-26-24-18-16-14-12-10-8-6-4-2/h11,13,16-19,21-22,42-43,46-47H,3-10,12,14-15,20,23-41H2,1-2H3,(H,50,51)/b13-11-,18-16-,19-17-,22-21-. The van der Waals surface area contributed by atoms with Gasteiger partial charge in [0.2, 0.25) is 0 Å². The summed E-state index contributed by atoms with van der Waals surface area (Å²) in [6, 6.07) is 0. The number of ether oxygens (including phenoxy) is 2. The molecular formula is C45H81O10P. The summed E-state index contributed by atoms with van der Waals surface area (Å²) >= 11 is 0. The predicted molar refractivity (Wildman–Crippen MR) is 228 cm³/mol. The minimum atomic E-state index is -4.64. The average molecular weight is 813 g/mol. The van der Waals surface area contributed by atoms with Crippen LogP contribution >= 0.6 is 7.82 Å². The molecule has 0 radical (unpaired) electrons. The van der Waals surface area contributed by atoms with Gasteiger partial charge in [0.25, 0.3) is 0 Å². The van der Waals surface area contributed by atoms with E-state index in [0.717, 1.165) is 89.9 Å². The molecule has 3 unspecified atom stereocenters. The molecule has 326 valence electrons. The topological polar surface area (TPSA) is 149 Å². The van der Waals surface area contributed by atoms with Crippen LogP contribution in [0.4, 0.5) is 0 Å². The molecule has 0 heterocycles. The van der Waals surface area contributed by atoms with E-state index >= 15 is 0 Å². The van der Waals surface area contributed by atoms with E-state index in [-0.39, 0.29) is 12.8 Å². The molecular weight excluding hydrogens is 731 g/mol. The molecule has 0 saturated carbocycles. The fourth-order valence-corrected chi connectivity index (χ4v) is 6.61. The quantitative estimate of drug-likeness (QED) is 0.0236. The van der Waals surface area contributed by atoms with Gasteiger partial charge in [0.1, 0.15) is 12.2 Å². The smallest absolute Gasteiger partial charge is 0.457 e. The van der Waals surface area contributed by atoms with Crippen molar-refractivity contribution in [2.24, 2.45) is 0 Å². The Kier molecular flexibility index (Phi) is 39.6. The Labute approximate surface area is 341 Å². The van der Waals surface area contributed by atoms with Gasteiger partial charge in [0, 0.05) is 12.8 Å². The Morgan fingerprint density at radius 2 is 0.786 bits per heavy atom. The summed E-state index contributed by atoms with van der Waals surface area (Å²) in [4.78, 5) is 34.5. The molecule has 0 rings (SSSR count). The van der Waals surface area contributed by atoms with E-state index in [1.54, 1.807) is 0 Å². The molecule has 3 atom stereocenters.